The summed E-state index contributed by atoms with van der Waals surface area (Å²) in [6.07, 6.45) is 5.58. The second-order valence-electron chi connectivity index (χ2n) is 6.48. The minimum Gasteiger partial charge on any atom is -0.376 e. The van der Waals surface area contributed by atoms with Crippen molar-refractivity contribution in [3.05, 3.63) is 65.0 Å². The van der Waals surface area contributed by atoms with Gasteiger partial charge in [0.2, 0.25) is 0 Å². The van der Waals surface area contributed by atoms with Crippen LogP contribution >= 0.6 is 0 Å². The molecule has 0 aromatic heterocycles. The molecule has 1 heterocycles. The normalized spacial score (nSPS) is 20.6. The van der Waals surface area contributed by atoms with Crippen LogP contribution in [-0.2, 0) is 6.42 Å². The Bertz CT molecular complexity index is 646. The maximum Gasteiger partial charge on any atom is 0.0661 e. The van der Waals surface area contributed by atoms with Gasteiger partial charge in [-0.3, -0.25) is 0 Å². The number of aryl methyl sites for hydroxylation is 2. The Labute approximate surface area is 134 Å². The van der Waals surface area contributed by atoms with Gasteiger partial charge in [0, 0.05) is 22.7 Å². The Morgan fingerprint density at radius 3 is 2.68 bits per heavy atom. The van der Waals surface area contributed by atoms with Crippen molar-refractivity contribution in [3.63, 3.8) is 0 Å². The monoisotopic (exact) mass is 294 g/mol. The van der Waals surface area contributed by atoms with Gasteiger partial charge in [0.15, 0.2) is 0 Å². The summed E-state index contributed by atoms with van der Waals surface area (Å²) >= 11 is 0. The first kappa shape index (κ1) is 15.0. The van der Waals surface area contributed by atoms with Gasteiger partial charge in [-0.1, -0.05) is 43.8 Å². The van der Waals surface area contributed by atoms with Crippen LogP contribution in [0.4, 0.5) is 0 Å². The lowest BCUT2D eigenvalue weighted by Crippen LogP contribution is -2.38. The summed E-state index contributed by atoms with van der Waals surface area (Å²) in [5.41, 5.74) is 9.15. The molecule has 2 aliphatic rings. The van der Waals surface area contributed by atoms with Crippen LogP contribution in [-0.4, -0.2) is 6.04 Å². The van der Waals surface area contributed by atoms with Crippen molar-refractivity contribution < 1.29 is 0 Å². The highest BCUT2D eigenvalue weighted by Crippen LogP contribution is 2.37. The lowest BCUT2D eigenvalue weighted by atomic mass is 9.96. The first-order valence-electron chi connectivity index (χ1n) is 8.30. The molecule has 2 fully saturated rings. The zero-order valence-corrected chi connectivity index (χ0v) is 13.8. The van der Waals surface area contributed by atoms with Crippen molar-refractivity contribution in [2.24, 2.45) is 0 Å². The highest BCUT2D eigenvalue weighted by atomic mass is 15.0. The van der Waals surface area contributed by atoms with E-state index in [-0.39, 0.29) is 0 Å². The maximum atomic E-state index is 4.17. The molecule has 0 amide bonds. The average Bonchev–Trinajstić information content (AvgIpc) is 3.31. The molecular formula is C20H26N2. The Morgan fingerprint density at radius 1 is 1.27 bits per heavy atom. The van der Waals surface area contributed by atoms with Gasteiger partial charge in [-0.05, 0) is 50.2 Å². The summed E-state index contributed by atoms with van der Waals surface area (Å²) in [7, 11) is 0. The molecule has 1 aromatic carbocycles. The first-order chi connectivity index (χ1) is 10.6. The Kier molecular flexibility index (Phi) is 4.10. The van der Waals surface area contributed by atoms with Crippen LogP contribution in [0.25, 0.3) is 5.70 Å². The van der Waals surface area contributed by atoms with Gasteiger partial charge in [-0.25, -0.2) is 0 Å². The summed E-state index contributed by atoms with van der Waals surface area (Å²) in [6.45, 7) is 12.6. The summed E-state index contributed by atoms with van der Waals surface area (Å²) < 4.78 is 0. The molecule has 1 aromatic rings. The van der Waals surface area contributed by atoms with E-state index in [1.54, 1.807) is 5.57 Å². The minimum atomic E-state index is 0.291. The largest absolute Gasteiger partial charge is 0.376 e. The Morgan fingerprint density at radius 2 is 2.05 bits per heavy atom. The SMILES string of the molecule is C=C1CCC(NC(=C2CC2)c2ccc(C)cc2CC)C(=C)N1. The number of nitrogens with one attached hydrogen (secondary N) is 2. The van der Waals surface area contributed by atoms with Crippen LogP contribution < -0.4 is 10.6 Å². The zero-order chi connectivity index (χ0) is 15.7. The molecule has 1 aliphatic carbocycles. The highest BCUT2D eigenvalue weighted by molar-refractivity contribution is 5.73. The van der Waals surface area contributed by atoms with Gasteiger partial charge in [-0.2, -0.15) is 0 Å². The second kappa shape index (κ2) is 6.04. The van der Waals surface area contributed by atoms with Crippen LogP contribution in [0.3, 0.4) is 0 Å². The van der Waals surface area contributed by atoms with E-state index in [9.17, 15) is 0 Å². The van der Waals surface area contributed by atoms with E-state index in [0.29, 0.717) is 6.04 Å². The van der Waals surface area contributed by atoms with Crippen molar-refractivity contribution in [2.45, 2.75) is 52.0 Å². The molecule has 3 rings (SSSR count). The van der Waals surface area contributed by atoms with Gasteiger partial charge < -0.3 is 10.6 Å². The molecule has 2 N–H and O–H groups in total. The van der Waals surface area contributed by atoms with Gasteiger partial charge in [0.05, 0.1) is 6.04 Å². The molecule has 22 heavy (non-hydrogen) atoms. The third kappa shape index (κ3) is 3.11. The second-order valence-corrected chi connectivity index (χ2v) is 6.48. The van der Waals surface area contributed by atoms with Crippen LogP contribution in [0.1, 0.15) is 49.3 Å². The van der Waals surface area contributed by atoms with Crippen LogP contribution in [0.5, 0.6) is 0 Å². The number of benzene rings is 1. The van der Waals surface area contributed by atoms with Crippen LogP contribution in [0, 0.1) is 6.92 Å². The number of rotatable bonds is 4. The molecule has 0 spiro atoms. The van der Waals surface area contributed by atoms with Gasteiger partial charge in [0.25, 0.3) is 0 Å². The molecular weight excluding hydrogens is 268 g/mol. The number of hydrogen-bond acceptors (Lipinski definition) is 2. The zero-order valence-electron chi connectivity index (χ0n) is 13.8. The average molecular weight is 294 g/mol. The van der Waals surface area contributed by atoms with Crippen molar-refractivity contribution in [3.8, 4) is 0 Å². The molecule has 1 saturated heterocycles. The fourth-order valence-electron chi connectivity index (χ4n) is 3.14. The quantitative estimate of drug-likeness (QED) is 0.858. The number of piperidine rings is 1. The molecule has 1 aliphatic heterocycles. The van der Waals surface area contributed by atoms with E-state index >= 15 is 0 Å². The fourth-order valence-corrected chi connectivity index (χ4v) is 3.14. The van der Waals surface area contributed by atoms with Crippen molar-refractivity contribution >= 4 is 5.70 Å². The number of hydrogen-bond donors (Lipinski definition) is 2. The Balaban J connectivity index is 1.88. The maximum absolute atomic E-state index is 4.17. The molecule has 0 radical (unpaired) electrons. The number of allylic oxidation sites excluding steroid dienone is 2. The molecule has 116 valence electrons. The predicted octanol–water partition coefficient (Wildman–Crippen LogP) is 4.43. The molecule has 2 heteroatoms. The predicted molar refractivity (Wildman–Crippen MR) is 94.3 cm³/mol. The van der Waals surface area contributed by atoms with Gasteiger partial charge >= 0.3 is 0 Å². The topological polar surface area (TPSA) is 24.1 Å². The molecule has 1 atom stereocenters. The Hall–Kier alpha value is -1.96. The van der Waals surface area contributed by atoms with E-state index in [1.165, 1.54) is 35.2 Å². The van der Waals surface area contributed by atoms with E-state index in [2.05, 4.69) is 55.8 Å². The van der Waals surface area contributed by atoms with E-state index < -0.39 is 0 Å². The van der Waals surface area contributed by atoms with Gasteiger partial charge in [0.1, 0.15) is 0 Å². The lowest BCUT2D eigenvalue weighted by Gasteiger charge is -2.30. The summed E-state index contributed by atoms with van der Waals surface area (Å²) in [6, 6.07) is 7.10. The van der Waals surface area contributed by atoms with Crippen LogP contribution in [0.2, 0.25) is 0 Å². The van der Waals surface area contributed by atoms with Crippen molar-refractivity contribution in [1.82, 2.24) is 10.6 Å². The standard InChI is InChI=1S/C20H26N2/c1-5-16-12-13(2)6-10-18(16)20(17-8-9-17)22-19-11-7-14(3)21-15(19)4/h6,10,12,19,21-22H,3-5,7-9,11H2,1-2H3. The van der Waals surface area contributed by atoms with E-state index in [4.69, 9.17) is 0 Å². The fraction of sp³-hybridized carbons (Fsp3) is 0.400. The van der Waals surface area contributed by atoms with E-state index in [0.717, 1.165) is 30.7 Å². The first-order valence-corrected chi connectivity index (χ1v) is 8.30. The molecule has 0 bridgehead atoms. The highest BCUT2D eigenvalue weighted by Gasteiger charge is 2.25. The molecule has 2 nitrogen and oxygen atoms in total. The lowest BCUT2D eigenvalue weighted by molar-refractivity contribution is 0.538. The molecule has 1 saturated carbocycles. The third-order valence-corrected chi connectivity index (χ3v) is 4.58. The minimum absolute atomic E-state index is 0.291. The smallest absolute Gasteiger partial charge is 0.0661 e. The van der Waals surface area contributed by atoms with E-state index in [1.807, 2.05) is 0 Å². The van der Waals surface area contributed by atoms with Crippen molar-refractivity contribution in [2.75, 3.05) is 0 Å². The van der Waals surface area contributed by atoms with Crippen LogP contribution in [0.15, 0.2) is 48.3 Å². The summed E-state index contributed by atoms with van der Waals surface area (Å²) in [5.74, 6) is 0. The van der Waals surface area contributed by atoms with Crippen molar-refractivity contribution in [1.29, 1.82) is 0 Å². The van der Waals surface area contributed by atoms with Gasteiger partial charge in [-0.15, -0.1) is 0 Å². The third-order valence-electron chi connectivity index (χ3n) is 4.58. The molecule has 1 unspecified atom stereocenters. The summed E-state index contributed by atoms with van der Waals surface area (Å²) in [4.78, 5) is 0. The summed E-state index contributed by atoms with van der Waals surface area (Å²) in [5, 5.41) is 7.08.